The number of hydrogen-bond donors (Lipinski definition) is 0. The number of carbonyl (C=O) groups is 1. The van der Waals surface area contributed by atoms with E-state index in [2.05, 4.69) is 29.2 Å². The molecule has 1 amide bonds. The lowest BCUT2D eigenvalue weighted by Gasteiger charge is -2.22. The third kappa shape index (κ3) is 7.65. The van der Waals surface area contributed by atoms with Crippen LogP contribution in [0, 0.1) is 0 Å². The van der Waals surface area contributed by atoms with Crippen LogP contribution in [-0.4, -0.2) is 50.6 Å². The van der Waals surface area contributed by atoms with Crippen molar-refractivity contribution in [3.8, 4) is 17.2 Å². The van der Waals surface area contributed by atoms with Crippen LogP contribution >= 0.6 is 0 Å². The van der Waals surface area contributed by atoms with Crippen molar-refractivity contribution in [3.05, 3.63) is 113 Å². The monoisotopic (exact) mass is 528 g/mol. The Kier molecular flexibility index (Phi) is 9.64. The summed E-state index contributed by atoms with van der Waals surface area (Å²) in [5, 5.41) is 0. The van der Waals surface area contributed by atoms with Crippen molar-refractivity contribution in [3.63, 3.8) is 0 Å². The third-order valence-corrected chi connectivity index (χ3v) is 6.60. The van der Waals surface area contributed by atoms with Crippen LogP contribution in [-0.2, 0) is 26.1 Å². The van der Waals surface area contributed by atoms with Crippen molar-refractivity contribution in [2.75, 3.05) is 34.9 Å². The molecule has 0 unspecified atom stereocenters. The number of nitrogens with zero attached hydrogens (tertiary/aromatic N) is 2. The first-order valence-corrected chi connectivity index (χ1v) is 12.9. The van der Waals surface area contributed by atoms with Crippen molar-refractivity contribution in [2.45, 2.75) is 26.1 Å². The van der Waals surface area contributed by atoms with Gasteiger partial charge in [-0.25, -0.2) is 0 Å². The largest absolute Gasteiger partial charge is 0.497 e. The smallest absolute Gasteiger partial charge is 0.289 e. The molecule has 0 spiro atoms. The Morgan fingerprint density at radius 3 is 2.05 bits per heavy atom. The topological polar surface area (TPSA) is 64.4 Å². The van der Waals surface area contributed by atoms with Crippen LogP contribution in [0.4, 0.5) is 0 Å². The zero-order chi connectivity index (χ0) is 27.6. The zero-order valence-electron chi connectivity index (χ0n) is 23.1. The predicted molar refractivity (Wildman–Crippen MR) is 151 cm³/mol. The van der Waals surface area contributed by atoms with Crippen molar-refractivity contribution in [1.82, 2.24) is 9.80 Å². The van der Waals surface area contributed by atoms with Gasteiger partial charge < -0.3 is 23.5 Å². The van der Waals surface area contributed by atoms with Crippen LogP contribution in [0.2, 0.25) is 0 Å². The molecule has 0 aliphatic carbocycles. The van der Waals surface area contributed by atoms with Crippen molar-refractivity contribution >= 4 is 5.91 Å². The Morgan fingerprint density at radius 1 is 0.718 bits per heavy atom. The molecule has 1 heterocycles. The summed E-state index contributed by atoms with van der Waals surface area (Å²) in [6, 6.07) is 27.9. The molecule has 7 nitrogen and oxygen atoms in total. The van der Waals surface area contributed by atoms with E-state index < -0.39 is 0 Å². The Bertz CT molecular complexity index is 1330. The van der Waals surface area contributed by atoms with Crippen molar-refractivity contribution < 1.29 is 23.4 Å². The van der Waals surface area contributed by atoms with E-state index in [0.717, 1.165) is 30.2 Å². The van der Waals surface area contributed by atoms with Crippen LogP contribution < -0.4 is 14.2 Å². The minimum absolute atomic E-state index is 0.147. The van der Waals surface area contributed by atoms with E-state index in [9.17, 15) is 4.79 Å². The van der Waals surface area contributed by atoms with Gasteiger partial charge in [0.15, 0.2) is 17.3 Å². The van der Waals surface area contributed by atoms with E-state index >= 15 is 0 Å². The molecule has 0 N–H and O–H groups in total. The second-order valence-corrected chi connectivity index (χ2v) is 9.41. The highest BCUT2D eigenvalue weighted by Crippen LogP contribution is 2.28. The van der Waals surface area contributed by atoms with Crippen LogP contribution in [0.25, 0.3) is 0 Å². The van der Waals surface area contributed by atoms with E-state index in [-0.39, 0.29) is 5.91 Å². The molecular formula is C32H36N2O5. The number of benzene rings is 3. The Morgan fingerprint density at radius 2 is 1.38 bits per heavy atom. The maximum absolute atomic E-state index is 13.1. The van der Waals surface area contributed by atoms with E-state index in [0.29, 0.717) is 36.8 Å². The highest BCUT2D eigenvalue weighted by molar-refractivity contribution is 5.91. The minimum Gasteiger partial charge on any atom is -0.497 e. The molecule has 39 heavy (non-hydrogen) atoms. The van der Waals surface area contributed by atoms with E-state index in [1.807, 2.05) is 54.6 Å². The second kappa shape index (κ2) is 13.5. The van der Waals surface area contributed by atoms with Crippen molar-refractivity contribution in [1.29, 1.82) is 0 Å². The fraction of sp³-hybridized carbons (Fsp3) is 0.281. The SMILES string of the molecule is COc1ccc(CN(Cc2ccccc2)Cc2ccc(C(=O)N(C)CCc3ccc(OC)c(OC)c3)o2)cc1. The molecule has 7 heteroatoms. The van der Waals surface area contributed by atoms with Gasteiger partial charge in [-0.2, -0.15) is 0 Å². The van der Waals surface area contributed by atoms with Gasteiger partial charge in [-0.05, 0) is 59.5 Å². The van der Waals surface area contributed by atoms with E-state index in [4.69, 9.17) is 18.6 Å². The lowest BCUT2D eigenvalue weighted by Crippen LogP contribution is -2.28. The zero-order valence-corrected chi connectivity index (χ0v) is 23.1. The van der Waals surface area contributed by atoms with Crippen LogP contribution in [0.5, 0.6) is 17.2 Å². The van der Waals surface area contributed by atoms with Crippen LogP contribution in [0.15, 0.2) is 89.3 Å². The number of ether oxygens (including phenoxy) is 3. The molecule has 204 valence electrons. The Balaban J connectivity index is 1.40. The van der Waals surface area contributed by atoms with Crippen molar-refractivity contribution in [2.24, 2.45) is 0 Å². The molecule has 0 aliphatic rings. The number of furan rings is 1. The first-order chi connectivity index (χ1) is 19.0. The summed E-state index contributed by atoms with van der Waals surface area (Å²) >= 11 is 0. The third-order valence-electron chi connectivity index (χ3n) is 6.60. The maximum Gasteiger partial charge on any atom is 0.289 e. The summed E-state index contributed by atoms with van der Waals surface area (Å²) in [5.41, 5.74) is 3.44. The number of hydrogen-bond acceptors (Lipinski definition) is 6. The predicted octanol–water partition coefficient (Wildman–Crippen LogP) is 5.82. The van der Waals surface area contributed by atoms with Crippen LogP contribution in [0.1, 0.15) is 33.0 Å². The fourth-order valence-electron chi connectivity index (χ4n) is 4.42. The van der Waals surface area contributed by atoms with Gasteiger partial charge >= 0.3 is 0 Å². The molecule has 0 saturated carbocycles. The number of methoxy groups -OCH3 is 3. The molecule has 4 rings (SSSR count). The highest BCUT2D eigenvalue weighted by Gasteiger charge is 2.18. The van der Waals surface area contributed by atoms with E-state index in [1.54, 1.807) is 39.3 Å². The molecule has 1 aromatic heterocycles. The minimum atomic E-state index is -0.147. The molecule has 0 radical (unpaired) electrons. The lowest BCUT2D eigenvalue weighted by molar-refractivity contribution is 0.0760. The van der Waals surface area contributed by atoms with Gasteiger partial charge in [-0.1, -0.05) is 48.5 Å². The van der Waals surface area contributed by atoms with Crippen LogP contribution in [0.3, 0.4) is 0 Å². The molecule has 4 aromatic rings. The first-order valence-electron chi connectivity index (χ1n) is 12.9. The molecule has 0 saturated heterocycles. The summed E-state index contributed by atoms with van der Waals surface area (Å²) < 4.78 is 22.0. The summed E-state index contributed by atoms with van der Waals surface area (Å²) in [6.07, 6.45) is 0.683. The number of likely N-dealkylation sites (N-methyl/N-ethyl adjacent to an activating group) is 1. The van der Waals surface area contributed by atoms with Gasteiger partial charge in [0.2, 0.25) is 0 Å². The van der Waals surface area contributed by atoms with E-state index in [1.165, 1.54) is 11.1 Å². The van der Waals surface area contributed by atoms with Gasteiger partial charge in [-0.15, -0.1) is 0 Å². The standard InChI is InChI=1S/C32H36N2O5/c1-33(19-18-24-12-16-29(37-3)31(20-24)38-4)32(35)30-17-15-28(39-30)23-34(21-25-8-6-5-7-9-25)22-26-10-13-27(36-2)14-11-26/h5-17,20H,18-19,21-23H2,1-4H3. The summed E-state index contributed by atoms with van der Waals surface area (Å²) in [7, 11) is 6.68. The molecule has 0 fully saturated rings. The number of rotatable bonds is 13. The summed E-state index contributed by atoms with van der Waals surface area (Å²) in [4.78, 5) is 17.1. The average Bonchev–Trinajstić information content (AvgIpc) is 3.44. The molecular weight excluding hydrogens is 492 g/mol. The van der Waals surface area contributed by atoms with Gasteiger partial charge in [0.05, 0.1) is 27.9 Å². The summed E-state index contributed by atoms with van der Waals surface area (Å²) in [6.45, 7) is 2.60. The van der Waals surface area contributed by atoms with Gasteiger partial charge in [0.25, 0.3) is 5.91 Å². The van der Waals surface area contributed by atoms with Gasteiger partial charge in [0, 0.05) is 26.7 Å². The maximum atomic E-state index is 13.1. The molecule has 0 aliphatic heterocycles. The van der Waals surface area contributed by atoms with Gasteiger partial charge in [0.1, 0.15) is 11.5 Å². The number of amides is 1. The average molecular weight is 529 g/mol. The Hall–Kier alpha value is -4.23. The Labute approximate surface area is 230 Å². The van der Waals surface area contributed by atoms with Gasteiger partial charge in [-0.3, -0.25) is 9.69 Å². The molecule has 0 atom stereocenters. The highest BCUT2D eigenvalue weighted by atomic mass is 16.5. The molecule has 3 aromatic carbocycles. The fourth-order valence-corrected chi connectivity index (χ4v) is 4.42. The normalized spacial score (nSPS) is 10.9. The second-order valence-electron chi connectivity index (χ2n) is 9.41. The quantitative estimate of drug-likeness (QED) is 0.218. The first kappa shape index (κ1) is 27.8. The molecule has 0 bridgehead atoms. The number of carbonyl (C=O) groups excluding carboxylic acids is 1. The lowest BCUT2D eigenvalue weighted by atomic mass is 10.1. The summed E-state index contributed by atoms with van der Waals surface area (Å²) in [5.74, 6) is 3.13.